The van der Waals surface area contributed by atoms with Crippen molar-refractivity contribution in [1.82, 2.24) is 10.3 Å². The number of aromatic nitrogens is 1. The summed E-state index contributed by atoms with van der Waals surface area (Å²) in [5.41, 5.74) is 2.15. The Kier molecular flexibility index (Phi) is 4.96. The highest BCUT2D eigenvalue weighted by molar-refractivity contribution is 7.13. The third kappa shape index (κ3) is 4.23. The fourth-order valence-corrected chi connectivity index (χ4v) is 2.99. The number of rotatable bonds is 5. The molecule has 0 spiro atoms. The first-order valence-electron chi connectivity index (χ1n) is 7.31. The van der Waals surface area contributed by atoms with Crippen LogP contribution < -0.4 is 5.32 Å². The summed E-state index contributed by atoms with van der Waals surface area (Å²) >= 11 is 1.37. The molecule has 1 amide bonds. The maximum atomic E-state index is 13.2. The molecule has 3 nitrogen and oxygen atoms in total. The lowest BCUT2D eigenvalue weighted by molar-refractivity contribution is -0.120. The van der Waals surface area contributed by atoms with Crippen molar-refractivity contribution >= 4 is 17.2 Å². The Morgan fingerprint density at radius 2 is 1.88 bits per heavy atom. The average Bonchev–Trinajstić information content (AvgIpc) is 3.03. The van der Waals surface area contributed by atoms with Gasteiger partial charge in [0.25, 0.3) is 0 Å². The van der Waals surface area contributed by atoms with Gasteiger partial charge < -0.3 is 5.32 Å². The predicted molar refractivity (Wildman–Crippen MR) is 89.5 cm³/mol. The van der Waals surface area contributed by atoms with Gasteiger partial charge in [-0.2, -0.15) is 0 Å². The van der Waals surface area contributed by atoms with Gasteiger partial charge in [-0.15, -0.1) is 11.3 Å². The van der Waals surface area contributed by atoms with E-state index in [-0.39, 0.29) is 24.0 Å². The van der Waals surface area contributed by atoms with Crippen molar-refractivity contribution < 1.29 is 13.6 Å². The van der Waals surface area contributed by atoms with Crippen LogP contribution in [-0.4, -0.2) is 10.9 Å². The maximum Gasteiger partial charge on any atom is 0.226 e. The molecule has 0 aliphatic heterocycles. The van der Waals surface area contributed by atoms with Crippen LogP contribution in [0.4, 0.5) is 8.78 Å². The molecule has 0 bridgehead atoms. The number of hydrogen-bond acceptors (Lipinski definition) is 3. The molecule has 0 saturated carbocycles. The molecule has 24 heavy (non-hydrogen) atoms. The second-order valence-corrected chi connectivity index (χ2v) is 6.09. The Hall–Kier alpha value is -2.60. The number of carbonyl (C=O) groups excluding carboxylic acids is 1. The van der Waals surface area contributed by atoms with Crippen LogP contribution in [0.2, 0.25) is 0 Å². The molecule has 1 aromatic heterocycles. The lowest BCUT2D eigenvalue weighted by atomic mass is 10.2. The minimum atomic E-state index is -0.318. The maximum absolute atomic E-state index is 13.2. The van der Waals surface area contributed by atoms with Gasteiger partial charge in [-0.1, -0.05) is 24.3 Å². The van der Waals surface area contributed by atoms with Crippen molar-refractivity contribution in [1.29, 1.82) is 0 Å². The molecule has 2 aromatic carbocycles. The van der Waals surface area contributed by atoms with E-state index in [9.17, 15) is 13.6 Å². The van der Waals surface area contributed by atoms with Gasteiger partial charge in [-0.25, -0.2) is 13.8 Å². The van der Waals surface area contributed by atoms with Gasteiger partial charge in [0, 0.05) is 17.5 Å². The van der Waals surface area contributed by atoms with E-state index in [0.29, 0.717) is 22.8 Å². The first kappa shape index (κ1) is 16.3. The summed E-state index contributed by atoms with van der Waals surface area (Å²) in [6.07, 6.45) is 0.146. The number of nitrogens with zero attached hydrogens (tertiary/aromatic N) is 1. The zero-order valence-corrected chi connectivity index (χ0v) is 13.4. The van der Waals surface area contributed by atoms with E-state index in [1.54, 1.807) is 29.6 Å². The second kappa shape index (κ2) is 7.31. The lowest BCUT2D eigenvalue weighted by Crippen LogP contribution is -2.24. The Labute approximate surface area is 142 Å². The SMILES string of the molecule is O=C(Cc1csc(-c2cccc(F)c2)n1)NCc1ccc(F)cc1. The number of hydrogen-bond donors (Lipinski definition) is 1. The number of thiazole rings is 1. The fourth-order valence-electron chi connectivity index (χ4n) is 2.17. The number of carbonyl (C=O) groups is 1. The Morgan fingerprint density at radius 1 is 1.08 bits per heavy atom. The zero-order valence-electron chi connectivity index (χ0n) is 12.6. The van der Waals surface area contributed by atoms with Crippen LogP contribution >= 0.6 is 11.3 Å². The Balaban J connectivity index is 1.58. The average molecular weight is 344 g/mol. The molecule has 122 valence electrons. The highest BCUT2D eigenvalue weighted by atomic mass is 32.1. The summed E-state index contributed by atoms with van der Waals surface area (Å²) in [5.74, 6) is -0.797. The number of nitrogens with one attached hydrogen (secondary N) is 1. The van der Waals surface area contributed by atoms with Crippen LogP contribution in [0.5, 0.6) is 0 Å². The van der Waals surface area contributed by atoms with Crippen molar-refractivity contribution in [2.75, 3.05) is 0 Å². The van der Waals surface area contributed by atoms with Gasteiger partial charge in [-0.3, -0.25) is 4.79 Å². The second-order valence-electron chi connectivity index (χ2n) is 5.23. The van der Waals surface area contributed by atoms with E-state index in [1.165, 1.54) is 35.6 Å². The van der Waals surface area contributed by atoms with Crippen LogP contribution in [0.15, 0.2) is 53.9 Å². The molecule has 0 saturated heterocycles. The smallest absolute Gasteiger partial charge is 0.226 e. The van der Waals surface area contributed by atoms with Gasteiger partial charge in [0.15, 0.2) is 0 Å². The summed E-state index contributed by atoms with van der Waals surface area (Å²) in [6.45, 7) is 0.333. The van der Waals surface area contributed by atoms with Crippen molar-refractivity contribution in [3.63, 3.8) is 0 Å². The first-order valence-corrected chi connectivity index (χ1v) is 8.19. The molecule has 1 heterocycles. The molecule has 0 unspecified atom stereocenters. The van der Waals surface area contributed by atoms with Gasteiger partial charge >= 0.3 is 0 Å². The summed E-state index contributed by atoms with van der Waals surface area (Å²) in [7, 11) is 0. The van der Waals surface area contributed by atoms with Gasteiger partial charge in [0.1, 0.15) is 16.6 Å². The molecular formula is C18H14F2N2OS. The van der Waals surface area contributed by atoms with Crippen LogP contribution in [0.3, 0.4) is 0 Å². The Bertz CT molecular complexity index is 846. The standard InChI is InChI=1S/C18H14F2N2OS/c19-14-6-4-12(5-7-14)10-21-17(23)9-16-11-24-18(22-16)13-2-1-3-15(20)8-13/h1-8,11H,9-10H2,(H,21,23). The van der Waals surface area contributed by atoms with Crippen LogP contribution in [0.25, 0.3) is 10.6 Å². The lowest BCUT2D eigenvalue weighted by Gasteiger charge is -2.04. The van der Waals surface area contributed by atoms with E-state index in [4.69, 9.17) is 0 Å². The highest BCUT2D eigenvalue weighted by Crippen LogP contribution is 2.24. The molecular weight excluding hydrogens is 330 g/mol. The monoisotopic (exact) mass is 344 g/mol. The van der Waals surface area contributed by atoms with E-state index < -0.39 is 0 Å². The number of benzene rings is 2. The number of amides is 1. The molecule has 0 atom stereocenters. The third-order valence-corrected chi connectivity index (χ3v) is 4.31. The van der Waals surface area contributed by atoms with Crippen LogP contribution in [-0.2, 0) is 17.8 Å². The summed E-state index contributed by atoms with van der Waals surface area (Å²) in [4.78, 5) is 16.3. The highest BCUT2D eigenvalue weighted by Gasteiger charge is 2.09. The number of halogens is 2. The molecule has 0 aliphatic rings. The van der Waals surface area contributed by atoms with E-state index in [2.05, 4.69) is 10.3 Å². The summed E-state index contributed by atoms with van der Waals surface area (Å²) in [5, 5.41) is 5.23. The van der Waals surface area contributed by atoms with E-state index in [1.807, 2.05) is 0 Å². The molecule has 0 radical (unpaired) electrons. The summed E-state index contributed by atoms with van der Waals surface area (Å²) in [6, 6.07) is 12.2. The van der Waals surface area contributed by atoms with Gasteiger partial charge in [0.2, 0.25) is 5.91 Å². The van der Waals surface area contributed by atoms with Gasteiger partial charge in [0.05, 0.1) is 12.1 Å². The third-order valence-electron chi connectivity index (χ3n) is 3.37. The van der Waals surface area contributed by atoms with Gasteiger partial charge in [-0.05, 0) is 29.8 Å². The normalized spacial score (nSPS) is 10.6. The minimum Gasteiger partial charge on any atom is -0.352 e. The minimum absolute atomic E-state index is 0.146. The molecule has 6 heteroatoms. The zero-order chi connectivity index (χ0) is 16.9. The molecule has 0 fully saturated rings. The topological polar surface area (TPSA) is 42.0 Å². The van der Waals surface area contributed by atoms with Crippen molar-refractivity contribution in [3.05, 3.63) is 76.8 Å². The Morgan fingerprint density at radius 3 is 2.62 bits per heavy atom. The van der Waals surface area contributed by atoms with E-state index in [0.717, 1.165) is 5.56 Å². The van der Waals surface area contributed by atoms with Crippen LogP contribution in [0.1, 0.15) is 11.3 Å². The largest absolute Gasteiger partial charge is 0.352 e. The molecule has 1 N–H and O–H groups in total. The fraction of sp³-hybridized carbons (Fsp3) is 0.111. The molecule has 3 rings (SSSR count). The van der Waals surface area contributed by atoms with Crippen molar-refractivity contribution in [2.45, 2.75) is 13.0 Å². The van der Waals surface area contributed by atoms with Crippen molar-refractivity contribution in [3.8, 4) is 10.6 Å². The van der Waals surface area contributed by atoms with E-state index >= 15 is 0 Å². The van der Waals surface area contributed by atoms with Crippen LogP contribution in [0, 0.1) is 11.6 Å². The predicted octanol–water partition coefficient (Wildman–Crippen LogP) is 3.95. The quantitative estimate of drug-likeness (QED) is 0.761. The summed E-state index contributed by atoms with van der Waals surface area (Å²) < 4.78 is 26.1. The molecule has 0 aliphatic carbocycles. The first-order chi connectivity index (χ1) is 11.6. The van der Waals surface area contributed by atoms with Crippen molar-refractivity contribution in [2.24, 2.45) is 0 Å². The molecule has 3 aromatic rings.